The summed E-state index contributed by atoms with van der Waals surface area (Å²) in [5.41, 5.74) is 5.40. The minimum Gasteiger partial charge on any atom is -0.493 e. The van der Waals surface area contributed by atoms with Gasteiger partial charge in [-0.1, -0.05) is 18.2 Å². The maximum absolute atomic E-state index is 6.20. The molecule has 0 unspecified atom stereocenters. The van der Waals surface area contributed by atoms with E-state index in [1.165, 1.54) is 11.3 Å². The molecule has 3 aromatic rings. The van der Waals surface area contributed by atoms with Crippen LogP contribution in [0, 0.1) is 13.8 Å². The maximum Gasteiger partial charge on any atom is 0.147 e. The molecule has 1 aromatic carbocycles. The predicted molar refractivity (Wildman–Crippen MR) is 110 cm³/mol. The van der Waals surface area contributed by atoms with Gasteiger partial charge in [0.15, 0.2) is 0 Å². The molecular weight excluding hydrogens is 364 g/mol. The van der Waals surface area contributed by atoms with Crippen LogP contribution in [0.4, 0.5) is 0 Å². The minimum atomic E-state index is 0. The fourth-order valence-corrected chi connectivity index (χ4v) is 3.17. The van der Waals surface area contributed by atoms with E-state index in [1.807, 2.05) is 37.3 Å². The van der Waals surface area contributed by atoms with E-state index < -0.39 is 0 Å². The van der Waals surface area contributed by atoms with Gasteiger partial charge >= 0.3 is 0 Å². The van der Waals surface area contributed by atoms with Gasteiger partial charge in [-0.15, -0.1) is 12.4 Å². The molecule has 0 amide bonds. The van der Waals surface area contributed by atoms with Crippen LogP contribution < -0.4 is 9.47 Å². The Morgan fingerprint density at radius 2 is 1.81 bits per heavy atom. The quantitative estimate of drug-likeness (QED) is 0.559. The second-order valence-electron chi connectivity index (χ2n) is 6.19. The lowest BCUT2D eigenvalue weighted by Crippen LogP contribution is -2.07. The summed E-state index contributed by atoms with van der Waals surface area (Å²) in [6.45, 7) is 8.69. The van der Waals surface area contributed by atoms with Crippen LogP contribution in [0.25, 0.3) is 11.0 Å². The molecule has 0 aliphatic carbocycles. The highest BCUT2D eigenvalue weighted by Crippen LogP contribution is 2.32. The summed E-state index contributed by atoms with van der Waals surface area (Å²) in [6.07, 6.45) is 1.80. The van der Waals surface area contributed by atoms with Crippen molar-refractivity contribution >= 4 is 23.4 Å². The third-order valence-corrected chi connectivity index (χ3v) is 4.63. The van der Waals surface area contributed by atoms with Crippen LogP contribution in [0.1, 0.15) is 23.7 Å². The highest BCUT2D eigenvalue weighted by atomic mass is 35.5. The van der Waals surface area contributed by atoms with E-state index >= 15 is 0 Å². The number of pyridine rings is 1. The molecule has 0 fully saturated rings. The zero-order valence-corrected chi connectivity index (χ0v) is 17.1. The summed E-state index contributed by atoms with van der Waals surface area (Å²) in [7, 11) is 1.72. The molecule has 0 N–H and O–H groups in total. The van der Waals surface area contributed by atoms with E-state index in [4.69, 9.17) is 14.2 Å². The van der Waals surface area contributed by atoms with E-state index in [9.17, 15) is 0 Å². The topological polar surface area (TPSA) is 45.5 Å². The van der Waals surface area contributed by atoms with Crippen molar-refractivity contribution in [2.24, 2.45) is 0 Å². The molecule has 0 radical (unpaired) electrons. The maximum atomic E-state index is 6.20. The Labute approximate surface area is 166 Å². The molecular formula is C21H27ClN2O3. The van der Waals surface area contributed by atoms with E-state index in [2.05, 4.69) is 23.4 Å². The zero-order chi connectivity index (χ0) is 18.5. The van der Waals surface area contributed by atoms with Crippen molar-refractivity contribution in [2.75, 3.05) is 20.3 Å². The van der Waals surface area contributed by atoms with Gasteiger partial charge < -0.3 is 18.8 Å². The van der Waals surface area contributed by atoms with Crippen molar-refractivity contribution in [3.05, 3.63) is 53.3 Å². The number of ether oxygens (including phenoxy) is 3. The van der Waals surface area contributed by atoms with E-state index in [0.717, 1.165) is 34.6 Å². The minimum absolute atomic E-state index is 0. The van der Waals surface area contributed by atoms with Crippen molar-refractivity contribution in [3.63, 3.8) is 0 Å². The number of aromatic nitrogens is 2. The number of para-hydroxylation sites is 1. The number of methoxy groups -OCH3 is 1. The number of nitrogens with zero attached hydrogens (tertiary/aromatic N) is 2. The van der Waals surface area contributed by atoms with Crippen molar-refractivity contribution in [2.45, 2.75) is 33.9 Å². The number of hydrogen-bond donors (Lipinski definition) is 0. The molecule has 2 aromatic heterocycles. The van der Waals surface area contributed by atoms with Crippen LogP contribution in [0.3, 0.4) is 0 Å². The second kappa shape index (κ2) is 9.62. The average molecular weight is 391 g/mol. The van der Waals surface area contributed by atoms with Crippen LogP contribution in [0.2, 0.25) is 0 Å². The Morgan fingerprint density at radius 1 is 1.04 bits per heavy atom. The molecule has 0 saturated carbocycles. The first kappa shape index (κ1) is 21.1. The molecule has 2 heterocycles. The second-order valence-corrected chi connectivity index (χ2v) is 6.19. The van der Waals surface area contributed by atoms with Crippen LogP contribution in [0.5, 0.6) is 11.5 Å². The fraction of sp³-hybridized carbons (Fsp3) is 0.381. The summed E-state index contributed by atoms with van der Waals surface area (Å²) in [5, 5.41) is 0. The summed E-state index contributed by atoms with van der Waals surface area (Å²) in [5.74, 6) is 1.69. The van der Waals surface area contributed by atoms with Gasteiger partial charge in [0.1, 0.15) is 23.6 Å². The van der Waals surface area contributed by atoms with Gasteiger partial charge in [-0.05, 0) is 32.4 Å². The smallest absolute Gasteiger partial charge is 0.147 e. The number of benzene rings is 1. The summed E-state index contributed by atoms with van der Waals surface area (Å²) < 4.78 is 19.4. The molecule has 27 heavy (non-hydrogen) atoms. The monoisotopic (exact) mass is 390 g/mol. The first-order valence-electron chi connectivity index (χ1n) is 8.94. The van der Waals surface area contributed by atoms with Crippen molar-refractivity contribution < 1.29 is 14.2 Å². The average Bonchev–Trinajstić information content (AvgIpc) is 2.91. The van der Waals surface area contributed by atoms with E-state index in [0.29, 0.717) is 19.8 Å². The highest BCUT2D eigenvalue weighted by Gasteiger charge is 2.16. The standard InChI is InChI=1S/C21H26N2O3.ClH/c1-5-25-18-9-7-6-8-17(18)14-26-19-10-11-22-20-15(2)16(3)23(21(19)20)12-13-24-4;/h6-11H,5,12-14H2,1-4H3;1H. The third-order valence-electron chi connectivity index (χ3n) is 4.63. The molecule has 146 valence electrons. The molecule has 0 bridgehead atoms. The molecule has 0 saturated heterocycles. The molecule has 0 spiro atoms. The van der Waals surface area contributed by atoms with Crippen molar-refractivity contribution in [3.8, 4) is 11.5 Å². The highest BCUT2D eigenvalue weighted by molar-refractivity contribution is 5.86. The van der Waals surface area contributed by atoms with Crippen LogP contribution >= 0.6 is 12.4 Å². The molecule has 3 rings (SSSR count). The predicted octanol–water partition coefficient (Wildman–Crippen LogP) is 4.70. The van der Waals surface area contributed by atoms with Crippen LogP contribution in [-0.2, 0) is 17.9 Å². The normalized spacial score (nSPS) is 10.7. The molecule has 0 aliphatic rings. The van der Waals surface area contributed by atoms with Gasteiger partial charge in [-0.2, -0.15) is 0 Å². The largest absolute Gasteiger partial charge is 0.493 e. The van der Waals surface area contributed by atoms with Gasteiger partial charge in [-0.25, -0.2) is 0 Å². The van der Waals surface area contributed by atoms with Crippen LogP contribution in [-0.4, -0.2) is 29.9 Å². The van der Waals surface area contributed by atoms with E-state index in [1.54, 1.807) is 13.3 Å². The summed E-state index contributed by atoms with van der Waals surface area (Å²) in [6, 6.07) is 9.90. The molecule has 6 heteroatoms. The van der Waals surface area contributed by atoms with Crippen molar-refractivity contribution in [1.82, 2.24) is 9.55 Å². The Hall–Kier alpha value is -2.24. The number of halogens is 1. The van der Waals surface area contributed by atoms with Gasteiger partial charge in [0.05, 0.1) is 18.7 Å². The van der Waals surface area contributed by atoms with Gasteiger partial charge in [0.25, 0.3) is 0 Å². The number of aryl methyl sites for hydroxylation is 1. The van der Waals surface area contributed by atoms with Gasteiger partial charge in [0.2, 0.25) is 0 Å². The molecule has 5 nitrogen and oxygen atoms in total. The lowest BCUT2D eigenvalue weighted by atomic mass is 10.2. The number of hydrogen-bond acceptors (Lipinski definition) is 4. The molecule has 0 aliphatic heterocycles. The Balaban J connectivity index is 0.00000261. The van der Waals surface area contributed by atoms with Crippen LogP contribution in [0.15, 0.2) is 36.5 Å². The lowest BCUT2D eigenvalue weighted by Gasteiger charge is -2.14. The summed E-state index contributed by atoms with van der Waals surface area (Å²) >= 11 is 0. The summed E-state index contributed by atoms with van der Waals surface area (Å²) in [4.78, 5) is 4.57. The fourth-order valence-electron chi connectivity index (χ4n) is 3.17. The molecule has 0 atom stereocenters. The lowest BCUT2D eigenvalue weighted by molar-refractivity contribution is 0.187. The first-order valence-corrected chi connectivity index (χ1v) is 8.94. The van der Waals surface area contributed by atoms with Crippen molar-refractivity contribution in [1.29, 1.82) is 0 Å². The first-order chi connectivity index (χ1) is 12.7. The van der Waals surface area contributed by atoms with E-state index in [-0.39, 0.29) is 12.4 Å². The third kappa shape index (κ3) is 4.37. The number of fused-ring (bicyclic) bond motifs is 1. The Morgan fingerprint density at radius 3 is 2.56 bits per heavy atom. The van der Waals surface area contributed by atoms with Gasteiger partial charge in [-0.3, -0.25) is 4.98 Å². The SMILES string of the molecule is CCOc1ccccc1COc1ccnc2c(C)c(C)n(CCOC)c12.Cl. The zero-order valence-electron chi connectivity index (χ0n) is 16.3. The Bertz CT molecular complexity index is 893. The number of rotatable bonds is 8. The Kier molecular flexibility index (Phi) is 7.51. The van der Waals surface area contributed by atoms with Gasteiger partial charge in [0, 0.05) is 37.2 Å².